The summed E-state index contributed by atoms with van der Waals surface area (Å²) in [6.45, 7) is 15.2. The highest BCUT2D eigenvalue weighted by Crippen LogP contribution is 2.28. The Morgan fingerprint density at radius 2 is 1.54 bits per heavy atom. The molecule has 4 nitrogen and oxygen atoms in total. The third-order valence-corrected chi connectivity index (χ3v) is 8.08. The van der Waals surface area contributed by atoms with Crippen molar-refractivity contribution in [3.8, 4) is 0 Å². The van der Waals surface area contributed by atoms with E-state index < -0.39 is 0 Å². The maximum atomic E-state index is 4.85. The molecule has 0 bridgehead atoms. The largest absolute Gasteiger partial charge is 0.337 e. The fourth-order valence-electron chi connectivity index (χ4n) is 4.66. The Balaban J connectivity index is 1.50. The summed E-state index contributed by atoms with van der Waals surface area (Å²) in [5, 5.41) is 1.29. The molecule has 3 heterocycles. The monoisotopic (exact) mass is 380 g/mol. The van der Waals surface area contributed by atoms with Crippen molar-refractivity contribution in [2.75, 3.05) is 38.7 Å². The normalized spacial score (nSPS) is 34.3. The third kappa shape index (κ3) is 5.17. The fourth-order valence-corrected chi connectivity index (χ4v) is 5.81. The molecule has 2 saturated heterocycles. The number of nitrogens with zero attached hydrogens (tertiary/aromatic N) is 4. The second-order valence-corrected chi connectivity index (χ2v) is 9.70. The summed E-state index contributed by atoms with van der Waals surface area (Å²) in [5.41, 5.74) is 0. The maximum absolute atomic E-state index is 4.85. The van der Waals surface area contributed by atoms with Gasteiger partial charge in [-0.2, -0.15) is 0 Å². The van der Waals surface area contributed by atoms with Crippen LogP contribution < -0.4 is 0 Å². The molecular weight excluding hydrogens is 340 g/mol. The van der Waals surface area contributed by atoms with Crippen molar-refractivity contribution in [2.45, 2.75) is 78.3 Å². The minimum absolute atomic E-state index is 0.720. The summed E-state index contributed by atoms with van der Waals surface area (Å²) in [6, 6.07) is 1.45. The zero-order valence-electron chi connectivity index (χ0n) is 17.5. The van der Waals surface area contributed by atoms with Crippen molar-refractivity contribution in [1.82, 2.24) is 14.7 Å². The maximum Gasteiger partial charge on any atom is 0.161 e. The Hall–Kier alpha value is -0.260. The predicted molar refractivity (Wildman–Crippen MR) is 115 cm³/mol. The first kappa shape index (κ1) is 20.5. The first-order chi connectivity index (χ1) is 12.6. The second kappa shape index (κ2) is 9.79. The third-order valence-electron chi connectivity index (χ3n) is 6.97. The van der Waals surface area contributed by atoms with Gasteiger partial charge in [-0.15, -0.1) is 0 Å². The van der Waals surface area contributed by atoms with Crippen LogP contribution in [-0.4, -0.2) is 70.7 Å². The van der Waals surface area contributed by atoms with Crippen LogP contribution in [0.3, 0.4) is 0 Å². The van der Waals surface area contributed by atoms with Gasteiger partial charge in [0, 0.05) is 31.7 Å². The van der Waals surface area contributed by atoms with Crippen LogP contribution in [-0.2, 0) is 0 Å². The molecule has 4 unspecified atom stereocenters. The van der Waals surface area contributed by atoms with Crippen LogP contribution in [0.1, 0.15) is 66.2 Å². The topological polar surface area (TPSA) is 22.1 Å². The van der Waals surface area contributed by atoms with E-state index >= 15 is 0 Å². The van der Waals surface area contributed by atoms with Gasteiger partial charge in [0.1, 0.15) is 0 Å². The van der Waals surface area contributed by atoms with Crippen molar-refractivity contribution in [3.63, 3.8) is 0 Å². The smallest absolute Gasteiger partial charge is 0.161 e. The lowest BCUT2D eigenvalue weighted by molar-refractivity contribution is 0.0796. The molecule has 4 atom stereocenters. The highest BCUT2D eigenvalue weighted by Gasteiger charge is 2.29. The van der Waals surface area contributed by atoms with E-state index in [0.717, 1.165) is 49.6 Å². The quantitative estimate of drug-likeness (QED) is 0.684. The number of aliphatic imine (C=N–C) groups is 1. The van der Waals surface area contributed by atoms with E-state index in [1.165, 1.54) is 56.8 Å². The molecule has 0 aliphatic carbocycles. The van der Waals surface area contributed by atoms with Crippen molar-refractivity contribution in [3.05, 3.63) is 0 Å². The fraction of sp³-hybridized carbons (Fsp3) is 0.952. The van der Waals surface area contributed by atoms with Crippen molar-refractivity contribution >= 4 is 16.9 Å². The highest BCUT2D eigenvalue weighted by atomic mass is 32.2. The molecule has 3 rings (SSSR count). The zero-order valence-corrected chi connectivity index (χ0v) is 18.3. The molecule has 0 aromatic carbocycles. The molecule has 0 radical (unpaired) electrons. The van der Waals surface area contributed by atoms with Gasteiger partial charge in [-0.05, 0) is 51.4 Å². The number of rotatable bonds is 6. The van der Waals surface area contributed by atoms with Crippen LogP contribution in [0.5, 0.6) is 0 Å². The van der Waals surface area contributed by atoms with E-state index in [4.69, 9.17) is 4.99 Å². The summed E-state index contributed by atoms with van der Waals surface area (Å²) in [5.74, 6) is 2.90. The number of amidine groups is 1. The Morgan fingerprint density at radius 1 is 0.923 bits per heavy atom. The van der Waals surface area contributed by atoms with Crippen LogP contribution in [0.4, 0.5) is 0 Å². The van der Waals surface area contributed by atoms with Crippen molar-refractivity contribution < 1.29 is 0 Å². The summed E-state index contributed by atoms with van der Waals surface area (Å²) >= 11 is 1.99. The predicted octanol–water partition coefficient (Wildman–Crippen LogP) is 4.33. The van der Waals surface area contributed by atoms with Gasteiger partial charge in [-0.1, -0.05) is 38.5 Å². The molecule has 0 amide bonds. The average Bonchev–Trinajstić information content (AvgIpc) is 3.10. The van der Waals surface area contributed by atoms with Gasteiger partial charge in [0.25, 0.3) is 0 Å². The molecule has 3 aliphatic rings. The number of piperidine rings is 2. The minimum Gasteiger partial charge on any atom is -0.337 e. The van der Waals surface area contributed by atoms with Gasteiger partial charge in [-0.3, -0.25) is 14.8 Å². The molecule has 0 N–H and O–H groups in total. The Morgan fingerprint density at radius 3 is 2.19 bits per heavy atom. The molecule has 150 valence electrons. The standard InChI is InChI=1S/C21H40N4S/c1-5-19-9-7-17(3)24(13-19)15-23-12-11-22-21(23)26-16-25-14-20(6-2)10-8-18(25)4/h17-20H,5-16H2,1-4H3. The summed E-state index contributed by atoms with van der Waals surface area (Å²) in [4.78, 5) is 12.8. The van der Waals surface area contributed by atoms with Crippen LogP contribution in [0.15, 0.2) is 4.99 Å². The van der Waals surface area contributed by atoms with Gasteiger partial charge < -0.3 is 4.90 Å². The van der Waals surface area contributed by atoms with Gasteiger partial charge in [0.15, 0.2) is 5.17 Å². The number of likely N-dealkylation sites (tertiary alicyclic amines) is 2. The molecule has 0 aromatic rings. The first-order valence-corrected chi connectivity index (χ1v) is 12.0. The molecule has 3 aliphatic heterocycles. The van der Waals surface area contributed by atoms with E-state index in [1.807, 2.05) is 11.8 Å². The first-order valence-electron chi connectivity index (χ1n) is 11.0. The van der Waals surface area contributed by atoms with Crippen LogP contribution in [0, 0.1) is 11.8 Å². The molecule has 0 spiro atoms. The lowest BCUT2D eigenvalue weighted by atomic mass is 9.92. The zero-order chi connectivity index (χ0) is 18.5. The SMILES string of the molecule is CCC1CCC(C)N(CSC2=NCCN2CN2CC(CC)CCC2C)C1. The van der Waals surface area contributed by atoms with Crippen LogP contribution >= 0.6 is 11.8 Å². The molecular formula is C21H40N4S. The average molecular weight is 381 g/mol. The number of hydrogen-bond acceptors (Lipinski definition) is 5. The van der Waals surface area contributed by atoms with E-state index in [0.29, 0.717) is 0 Å². The van der Waals surface area contributed by atoms with Gasteiger partial charge >= 0.3 is 0 Å². The minimum atomic E-state index is 0.720. The van der Waals surface area contributed by atoms with Gasteiger partial charge in [-0.25, -0.2) is 0 Å². The lowest BCUT2D eigenvalue weighted by Crippen LogP contribution is -2.48. The summed E-state index contributed by atoms with van der Waals surface area (Å²) in [7, 11) is 0. The Labute approximate surface area is 165 Å². The Kier molecular flexibility index (Phi) is 7.71. The molecule has 2 fully saturated rings. The molecule has 0 aromatic heterocycles. The second-order valence-electron chi connectivity index (χ2n) is 8.79. The van der Waals surface area contributed by atoms with E-state index in [1.54, 1.807) is 0 Å². The molecule has 26 heavy (non-hydrogen) atoms. The van der Waals surface area contributed by atoms with Crippen LogP contribution in [0.25, 0.3) is 0 Å². The van der Waals surface area contributed by atoms with Gasteiger partial charge in [0.2, 0.25) is 0 Å². The van der Waals surface area contributed by atoms with Crippen LogP contribution in [0.2, 0.25) is 0 Å². The lowest BCUT2D eigenvalue weighted by Gasteiger charge is -2.41. The van der Waals surface area contributed by atoms with Gasteiger partial charge in [0.05, 0.1) is 19.1 Å². The summed E-state index contributed by atoms with van der Waals surface area (Å²) in [6.07, 6.45) is 8.19. The van der Waals surface area contributed by atoms with E-state index in [2.05, 4.69) is 42.4 Å². The number of hydrogen-bond donors (Lipinski definition) is 0. The van der Waals surface area contributed by atoms with E-state index in [-0.39, 0.29) is 0 Å². The summed E-state index contributed by atoms with van der Waals surface area (Å²) < 4.78 is 0. The van der Waals surface area contributed by atoms with Crippen molar-refractivity contribution in [2.24, 2.45) is 16.8 Å². The molecule has 0 saturated carbocycles. The Bertz CT molecular complexity index is 469. The van der Waals surface area contributed by atoms with E-state index in [9.17, 15) is 0 Å². The highest BCUT2D eigenvalue weighted by molar-refractivity contribution is 8.13. The number of thioether (sulfide) groups is 1. The van der Waals surface area contributed by atoms with Crippen molar-refractivity contribution in [1.29, 1.82) is 0 Å². The molecule has 5 heteroatoms.